The fourth-order valence-electron chi connectivity index (χ4n) is 3.94. The predicted molar refractivity (Wildman–Crippen MR) is 119 cm³/mol. The van der Waals surface area contributed by atoms with Gasteiger partial charge in [-0.3, -0.25) is 0 Å². The number of piperidine rings is 1. The Bertz CT molecular complexity index is 874. The fourth-order valence-corrected chi connectivity index (χ4v) is 3.94. The smallest absolute Gasteiger partial charge is 0.335 e. The van der Waals surface area contributed by atoms with E-state index in [-0.39, 0.29) is 23.9 Å². The molecule has 1 heterocycles. The van der Waals surface area contributed by atoms with Gasteiger partial charge in [0.15, 0.2) is 0 Å². The zero-order chi connectivity index (χ0) is 20.7. The highest BCUT2D eigenvalue weighted by Gasteiger charge is 2.37. The molecule has 2 aromatic carbocycles. The van der Waals surface area contributed by atoms with Crippen molar-refractivity contribution in [1.29, 1.82) is 5.26 Å². The lowest BCUT2D eigenvalue weighted by atomic mass is 9.77. The van der Waals surface area contributed by atoms with E-state index in [1.54, 1.807) is 30.3 Å². The molecular weight excluding hydrogens is 402 g/mol. The normalized spacial score (nSPS) is 16.0. The Hall–Kier alpha value is -2.59. The lowest BCUT2D eigenvalue weighted by molar-refractivity contribution is -0.0418. The van der Waals surface area contributed by atoms with E-state index in [1.807, 2.05) is 18.2 Å². The summed E-state index contributed by atoms with van der Waals surface area (Å²) in [7, 11) is 0. The third kappa shape index (κ3) is 6.20. The molecule has 30 heavy (non-hydrogen) atoms. The highest BCUT2D eigenvalue weighted by molar-refractivity contribution is 5.88. The fraction of sp³-hybridized carbons (Fsp3) is 0.391. The molecule has 0 saturated carbocycles. The number of carboxylic acid groups (broad SMARTS) is 1. The van der Waals surface area contributed by atoms with Crippen LogP contribution in [0, 0.1) is 17.2 Å². The number of hydrogen-bond donors (Lipinski definition) is 4. The average Bonchev–Trinajstić information content (AvgIpc) is 2.74. The molecule has 1 unspecified atom stereocenters. The second-order valence-corrected chi connectivity index (χ2v) is 7.66. The van der Waals surface area contributed by atoms with Gasteiger partial charge in [0.25, 0.3) is 0 Å². The highest BCUT2D eigenvalue weighted by atomic mass is 35.5. The molecule has 0 bridgehead atoms. The SMILES string of the molecule is Cl.N#Cc1cccc(CCC(CNc2ccc(C(=O)O)cc2)C2(O)CCNCC2)c1. The van der Waals surface area contributed by atoms with Crippen molar-refractivity contribution in [3.8, 4) is 6.07 Å². The van der Waals surface area contributed by atoms with Crippen LogP contribution in [0.5, 0.6) is 0 Å². The molecule has 1 saturated heterocycles. The summed E-state index contributed by atoms with van der Waals surface area (Å²) >= 11 is 0. The van der Waals surface area contributed by atoms with Crippen LogP contribution >= 0.6 is 12.4 Å². The van der Waals surface area contributed by atoms with E-state index in [0.29, 0.717) is 24.9 Å². The molecule has 0 spiro atoms. The molecule has 1 fully saturated rings. The minimum absolute atomic E-state index is 0. The van der Waals surface area contributed by atoms with Crippen LogP contribution in [0.2, 0.25) is 0 Å². The van der Waals surface area contributed by atoms with E-state index in [0.717, 1.165) is 37.2 Å². The van der Waals surface area contributed by atoms with Gasteiger partial charge < -0.3 is 20.8 Å². The summed E-state index contributed by atoms with van der Waals surface area (Å²) < 4.78 is 0. The van der Waals surface area contributed by atoms with Crippen LogP contribution in [0.4, 0.5) is 5.69 Å². The van der Waals surface area contributed by atoms with E-state index in [1.165, 1.54) is 0 Å². The van der Waals surface area contributed by atoms with Crippen LogP contribution in [-0.2, 0) is 6.42 Å². The van der Waals surface area contributed by atoms with Gasteiger partial charge in [0.2, 0.25) is 0 Å². The molecule has 7 heteroatoms. The molecule has 1 aliphatic rings. The summed E-state index contributed by atoms with van der Waals surface area (Å²) in [6.07, 6.45) is 2.99. The van der Waals surface area contributed by atoms with Gasteiger partial charge in [0, 0.05) is 18.2 Å². The van der Waals surface area contributed by atoms with Gasteiger partial charge in [-0.05, 0) is 80.7 Å². The number of carbonyl (C=O) groups is 1. The molecule has 6 nitrogen and oxygen atoms in total. The lowest BCUT2D eigenvalue weighted by Gasteiger charge is -2.40. The number of aliphatic hydroxyl groups is 1. The molecule has 0 amide bonds. The monoisotopic (exact) mass is 429 g/mol. The third-order valence-corrected chi connectivity index (χ3v) is 5.75. The number of aromatic carboxylic acids is 1. The first-order valence-corrected chi connectivity index (χ1v) is 9.99. The second-order valence-electron chi connectivity index (χ2n) is 7.66. The zero-order valence-electron chi connectivity index (χ0n) is 16.8. The predicted octanol–water partition coefficient (Wildman–Crippen LogP) is 3.45. The summed E-state index contributed by atoms with van der Waals surface area (Å²) in [4.78, 5) is 11.0. The van der Waals surface area contributed by atoms with E-state index in [4.69, 9.17) is 10.4 Å². The van der Waals surface area contributed by atoms with Crippen molar-refractivity contribution < 1.29 is 15.0 Å². The summed E-state index contributed by atoms with van der Waals surface area (Å²) in [5, 5.41) is 36.1. The Morgan fingerprint density at radius 3 is 2.53 bits per heavy atom. The van der Waals surface area contributed by atoms with E-state index in [9.17, 15) is 9.90 Å². The van der Waals surface area contributed by atoms with Crippen molar-refractivity contribution in [1.82, 2.24) is 5.32 Å². The van der Waals surface area contributed by atoms with Gasteiger partial charge in [-0.2, -0.15) is 5.26 Å². The molecule has 0 aliphatic carbocycles. The number of nitriles is 1. The lowest BCUT2D eigenvalue weighted by Crippen LogP contribution is -2.49. The van der Waals surface area contributed by atoms with Gasteiger partial charge in [-0.25, -0.2) is 4.79 Å². The van der Waals surface area contributed by atoms with Crippen molar-refractivity contribution in [2.75, 3.05) is 25.0 Å². The number of anilines is 1. The van der Waals surface area contributed by atoms with Gasteiger partial charge in [0.05, 0.1) is 22.8 Å². The number of benzene rings is 2. The largest absolute Gasteiger partial charge is 0.478 e. The minimum Gasteiger partial charge on any atom is -0.478 e. The summed E-state index contributed by atoms with van der Waals surface area (Å²) in [5.41, 5.74) is 2.09. The van der Waals surface area contributed by atoms with E-state index >= 15 is 0 Å². The van der Waals surface area contributed by atoms with Gasteiger partial charge in [-0.1, -0.05) is 12.1 Å². The Kier molecular flexibility index (Phi) is 8.67. The van der Waals surface area contributed by atoms with E-state index < -0.39 is 11.6 Å². The van der Waals surface area contributed by atoms with Crippen molar-refractivity contribution in [2.45, 2.75) is 31.3 Å². The van der Waals surface area contributed by atoms with Crippen LogP contribution in [0.15, 0.2) is 48.5 Å². The maximum Gasteiger partial charge on any atom is 0.335 e. The summed E-state index contributed by atoms with van der Waals surface area (Å²) in [5.74, 6) is -0.910. The van der Waals surface area contributed by atoms with Crippen LogP contribution < -0.4 is 10.6 Å². The molecule has 1 atom stereocenters. The highest BCUT2D eigenvalue weighted by Crippen LogP contribution is 2.31. The molecular formula is C23H28ClN3O3. The van der Waals surface area contributed by atoms with Crippen molar-refractivity contribution in [3.05, 3.63) is 65.2 Å². The average molecular weight is 430 g/mol. The molecule has 0 aromatic heterocycles. The summed E-state index contributed by atoms with van der Waals surface area (Å²) in [6.45, 7) is 2.19. The molecule has 2 aromatic rings. The topological polar surface area (TPSA) is 105 Å². The van der Waals surface area contributed by atoms with Crippen LogP contribution in [-0.4, -0.2) is 41.4 Å². The van der Waals surface area contributed by atoms with Crippen LogP contribution in [0.1, 0.15) is 40.7 Å². The Morgan fingerprint density at radius 1 is 1.20 bits per heavy atom. The number of halogens is 1. The Labute approximate surface area is 183 Å². The number of aryl methyl sites for hydroxylation is 1. The quantitative estimate of drug-likeness (QED) is 0.512. The van der Waals surface area contributed by atoms with Gasteiger partial charge >= 0.3 is 5.97 Å². The summed E-state index contributed by atoms with van der Waals surface area (Å²) in [6, 6.07) is 16.4. The Morgan fingerprint density at radius 2 is 1.90 bits per heavy atom. The number of nitrogens with zero attached hydrogens (tertiary/aromatic N) is 1. The molecule has 160 valence electrons. The second kappa shape index (κ2) is 11.0. The van der Waals surface area contributed by atoms with Crippen molar-refractivity contribution in [2.24, 2.45) is 5.92 Å². The van der Waals surface area contributed by atoms with Crippen LogP contribution in [0.25, 0.3) is 0 Å². The number of nitrogens with one attached hydrogen (secondary N) is 2. The first-order valence-electron chi connectivity index (χ1n) is 9.99. The van der Waals surface area contributed by atoms with Gasteiger partial charge in [-0.15, -0.1) is 12.4 Å². The maximum absolute atomic E-state index is 11.3. The van der Waals surface area contributed by atoms with Crippen molar-refractivity contribution in [3.63, 3.8) is 0 Å². The Balaban J connectivity index is 0.00000320. The third-order valence-electron chi connectivity index (χ3n) is 5.75. The van der Waals surface area contributed by atoms with Crippen molar-refractivity contribution >= 4 is 24.1 Å². The minimum atomic E-state index is -0.946. The first-order chi connectivity index (χ1) is 14.0. The molecule has 3 rings (SSSR count). The standard InChI is InChI=1S/C23H27N3O3.ClH/c24-15-18-3-1-2-17(14-18)4-7-20(23(29)10-12-25-13-11-23)16-26-21-8-5-19(6-9-21)22(27)28;/h1-3,5-6,8-9,14,20,25-26,29H,4,7,10-13,16H2,(H,27,28);1H. The zero-order valence-corrected chi connectivity index (χ0v) is 17.6. The number of carboxylic acids is 1. The van der Waals surface area contributed by atoms with Crippen LogP contribution in [0.3, 0.4) is 0 Å². The van der Waals surface area contributed by atoms with Gasteiger partial charge in [0.1, 0.15) is 0 Å². The number of rotatable bonds is 8. The maximum atomic E-state index is 11.3. The van der Waals surface area contributed by atoms with E-state index in [2.05, 4.69) is 16.7 Å². The molecule has 4 N–H and O–H groups in total. The number of hydrogen-bond acceptors (Lipinski definition) is 5. The first kappa shape index (κ1) is 23.7. The molecule has 1 aliphatic heterocycles. The molecule has 0 radical (unpaired) electrons.